The quantitative estimate of drug-likeness (QED) is 0.851. The van der Waals surface area contributed by atoms with Gasteiger partial charge in [0.25, 0.3) is 0 Å². The number of benzene rings is 1. The van der Waals surface area contributed by atoms with Crippen LogP contribution in [0.3, 0.4) is 0 Å². The summed E-state index contributed by atoms with van der Waals surface area (Å²) in [5.41, 5.74) is 7.32. The summed E-state index contributed by atoms with van der Waals surface area (Å²) in [6.45, 7) is 2.64. The van der Waals surface area contributed by atoms with Gasteiger partial charge in [0.1, 0.15) is 12.4 Å². The summed E-state index contributed by atoms with van der Waals surface area (Å²) in [5.74, 6) is 0.750. The van der Waals surface area contributed by atoms with Crippen molar-refractivity contribution in [2.75, 3.05) is 5.32 Å². The number of amides is 1. The minimum atomic E-state index is -0.0726. The number of hydrogen-bond donors (Lipinski definition) is 2. The van der Waals surface area contributed by atoms with Gasteiger partial charge in [0.15, 0.2) is 0 Å². The zero-order chi connectivity index (χ0) is 13.0. The molecule has 1 aromatic heterocycles. The predicted octanol–water partition coefficient (Wildman–Crippen LogP) is 1.29. The van der Waals surface area contributed by atoms with Crippen LogP contribution in [0.5, 0.6) is 0 Å². The van der Waals surface area contributed by atoms with E-state index in [1.54, 1.807) is 17.0 Å². The summed E-state index contributed by atoms with van der Waals surface area (Å²) in [6.07, 6.45) is 3.46. The van der Waals surface area contributed by atoms with Crippen LogP contribution in [-0.4, -0.2) is 15.5 Å². The number of nitrogens with two attached hydrogens (primary N) is 1. The van der Waals surface area contributed by atoms with Crippen molar-refractivity contribution < 1.29 is 4.79 Å². The third-order valence-electron chi connectivity index (χ3n) is 2.71. The summed E-state index contributed by atoms with van der Waals surface area (Å²) in [4.78, 5) is 15.9. The summed E-state index contributed by atoms with van der Waals surface area (Å²) in [7, 11) is 0. The van der Waals surface area contributed by atoms with E-state index in [-0.39, 0.29) is 12.5 Å². The molecule has 2 aromatic rings. The summed E-state index contributed by atoms with van der Waals surface area (Å²) in [6, 6.07) is 7.50. The van der Waals surface area contributed by atoms with Gasteiger partial charge in [-0.05, 0) is 24.6 Å². The molecule has 0 saturated carbocycles. The van der Waals surface area contributed by atoms with Gasteiger partial charge in [0, 0.05) is 24.6 Å². The van der Waals surface area contributed by atoms with Crippen LogP contribution in [0.1, 0.15) is 11.4 Å². The maximum atomic E-state index is 11.8. The van der Waals surface area contributed by atoms with Gasteiger partial charge >= 0.3 is 0 Å². The third-order valence-corrected chi connectivity index (χ3v) is 2.71. The van der Waals surface area contributed by atoms with E-state index in [1.165, 1.54) is 0 Å². The molecule has 94 valence electrons. The van der Waals surface area contributed by atoms with Crippen molar-refractivity contribution in [3.63, 3.8) is 0 Å². The molecule has 1 amide bonds. The van der Waals surface area contributed by atoms with Crippen LogP contribution in [0.15, 0.2) is 36.7 Å². The number of hydrogen-bond acceptors (Lipinski definition) is 3. The van der Waals surface area contributed by atoms with E-state index in [0.29, 0.717) is 6.54 Å². The third kappa shape index (κ3) is 2.95. The van der Waals surface area contributed by atoms with Crippen molar-refractivity contribution in [3.8, 4) is 0 Å². The SMILES string of the molecule is Cc1nccn1CC(=O)Nc1ccc(CN)cc1. The Morgan fingerprint density at radius 2 is 2.11 bits per heavy atom. The maximum Gasteiger partial charge on any atom is 0.244 e. The van der Waals surface area contributed by atoms with Crippen LogP contribution >= 0.6 is 0 Å². The normalized spacial score (nSPS) is 10.3. The van der Waals surface area contributed by atoms with Crippen LogP contribution in [0.4, 0.5) is 5.69 Å². The highest BCUT2D eigenvalue weighted by Crippen LogP contribution is 2.09. The molecule has 1 heterocycles. The van der Waals surface area contributed by atoms with Gasteiger partial charge in [-0.3, -0.25) is 4.79 Å². The van der Waals surface area contributed by atoms with Crippen LogP contribution in [0.25, 0.3) is 0 Å². The fraction of sp³-hybridized carbons (Fsp3) is 0.231. The van der Waals surface area contributed by atoms with Crippen LogP contribution in [0.2, 0.25) is 0 Å². The minimum absolute atomic E-state index is 0.0726. The average Bonchev–Trinajstić information content (AvgIpc) is 2.76. The Morgan fingerprint density at radius 1 is 1.39 bits per heavy atom. The van der Waals surface area contributed by atoms with Crippen molar-refractivity contribution >= 4 is 11.6 Å². The van der Waals surface area contributed by atoms with Gasteiger partial charge in [-0.2, -0.15) is 0 Å². The predicted molar refractivity (Wildman–Crippen MR) is 69.9 cm³/mol. The number of aryl methyl sites for hydroxylation is 1. The summed E-state index contributed by atoms with van der Waals surface area (Å²) in [5, 5.41) is 2.83. The van der Waals surface area contributed by atoms with E-state index in [0.717, 1.165) is 17.1 Å². The zero-order valence-corrected chi connectivity index (χ0v) is 10.3. The number of nitrogens with zero attached hydrogens (tertiary/aromatic N) is 2. The lowest BCUT2D eigenvalue weighted by Gasteiger charge is -2.07. The maximum absolute atomic E-state index is 11.8. The number of anilines is 1. The number of carbonyl (C=O) groups is 1. The van der Waals surface area contributed by atoms with Crippen molar-refractivity contribution in [1.29, 1.82) is 0 Å². The number of aromatic nitrogens is 2. The summed E-state index contributed by atoms with van der Waals surface area (Å²) >= 11 is 0. The molecule has 0 saturated heterocycles. The first kappa shape index (κ1) is 12.3. The van der Waals surface area contributed by atoms with E-state index < -0.39 is 0 Å². The number of imidazole rings is 1. The molecule has 1 aromatic carbocycles. The molecule has 0 aliphatic rings. The molecule has 0 unspecified atom stereocenters. The van der Waals surface area contributed by atoms with Gasteiger partial charge in [0.2, 0.25) is 5.91 Å². The highest BCUT2D eigenvalue weighted by molar-refractivity contribution is 5.90. The molecule has 0 bridgehead atoms. The van der Waals surface area contributed by atoms with Crippen molar-refractivity contribution in [3.05, 3.63) is 48.0 Å². The first-order valence-electron chi connectivity index (χ1n) is 5.75. The van der Waals surface area contributed by atoms with Crippen molar-refractivity contribution in [1.82, 2.24) is 9.55 Å². The van der Waals surface area contributed by atoms with Gasteiger partial charge in [-0.1, -0.05) is 12.1 Å². The van der Waals surface area contributed by atoms with Crippen LogP contribution in [-0.2, 0) is 17.9 Å². The number of nitrogens with one attached hydrogen (secondary N) is 1. The van der Waals surface area contributed by atoms with Gasteiger partial charge in [0.05, 0.1) is 0 Å². The Bertz CT molecular complexity index is 530. The van der Waals surface area contributed by atoms with Crippen LogP contribution in [0, 0.1) is 6.92 Å². The van der Waals surface area contributed by atoms with Crippen LogP contribution < -0.4 is 11.1 Å². The lowest BCUT2D eigenvalue weighted by Crippen LogP contribution is -2.19. The molecule has 0 fully saturated rings. The average molecular weight is 244 g/mol. The molecule has 2 rings (SSSR count). The molecular weight excluding hydrogens is 228 g/mol. The molecule has 3 N–H and O–H groups in total. The van der Waals surface area contributed by atoms with E-state index >= 15 is 0 Å². The second-order valence-electron chi connectivity index (χ2n) is 4.05. The molecule has 5 nitrogen and oxygen atoms in total. The molecular formula is C13H16N4O. The first-order chi connectivity index (χ1) is 8.69. The lowest BCUT2D eigenvalue weighted by molar-refractivity contribution is -0.116. The Morgan fingerprint density at radius 3 is 2.67 bits per heavy atom. The Labute approximate surface area is 106 Å². The van der Waals surface area contributed by atoms with Gasteiger partial charge < -0.3 is 15.6 Å². The standard InChI is InChI=1S/C13H16N4O/c1-10-15-6-7-17(10)9-13(18)16-12-4-2-11(8-14)3-5-12/h2-7H,8-9,14H2,1H3,(H,16,18). The highest BCUT2D eigenvalue weighted by atomic mass is 16.1. The zero-order valence-electron chi connectivity index (χ0n) is 10.3. The largest absolute Gasteiger partial charge is 0.326 e. The molecule has 0 radical (unpaired) electrons. The minimum Gasteiger partial charge on any atom is -0.326 e. The molecule has 5 heteroatoms. The van der Waals surface area contributed by atoms with Gasteiger partial charge in [-0.25, -0.2) is 4.98 Å². The molecule has 0 atom stereocenters. The van der Waals surface area contributed by atoms with Gasteiger partial charge in [-0.15, -0.1) is 0 Å². The number of carbonyl (C=O) groups excluding carboxylic acids is 1. The molecule has 18 heavy (non-hydrogen) atoms. The van der Waals surface area contributed by atoms with E-state index in [4.69, 9.17) is 5.73 Å². The second kappa shape index (κ2) is 5.46. The second-order valence-corrected chi connectivity index (χ2v) is 4.05. The Hall–Kier alpha value is -2.14. The first-order valence-corrected chi connectivity index (χ1v) is 5.75. The fourth-order valence-corrected chi connectivity index (χ4v) is 1.65. The topological polar surface area (TPSA) is 72.9 Å². The fourth-order valence-electron chi connectivity index (χ4n) is 1.65. The van der Waals surface area contributed by atoms with E-state index in [1.807, 2.05) is 31.2 Å². The monoisotopic (exact) mass is 244 g/mol. The lowest BCUT2D eigenvalue weighted by atomic mass is 10.2. The molecule has 0 aliphatic carbocycles. The van der Waals surface area contributed by atoms with E-state index in [2.05, 4.69) is 10.3 Å². The van der Waals surface area contributed by atoms with Crippen molar-refractivity contribution in [2.24, 2.45) is 5.73 Å². The smallest absolute Gasteiger partial charge is 0.244 e. The highest BCUT2D eigenvalue weighted by Gasteiger charge is 2.05. The summed E-state index contributed by atoms with van der Waals surface area (Å²) < 4.78 is 1.80. The molecule has 0 spiro atoms. The Kier molecular flexibility index (Phi) is 3.74. The molecule has 0 aliphatic heterocycles. The number of rotatable bonds is 4. The Balaban J connectivity index is 1.96. The van der Waals surface area contributed by atoms with Crippen molar-refractivity contribution in [2.45, 2.75) is 20.0 Å². The van der Waals surface area contributed by atoms with E-state index in [9.17, 15) is 4.79 Å².